The normalized spacial score (nSPS) is 29.8. The number of nitrogens with zero attached hydrogens (tertiary/aromatic N) is 2. The molecule has 0 aliphatic carbocycles. The maximum Gasteiger partial charge on any atom is 0.325 e. The molecular formula is C40H59N5O9. The third-order valence-electron chi connectivity index (χ3n) is 9.80. The molecule has 2 unspecified atom stereocenters. The van der Waals surface area contributed by atoms with E-state index in [1.54, 1.807) is 45.1 Å². The predicted octanol–water partition coefficient (Wildman–Crippen LogP) is 2.47. The number of esters is 1. The monoisotopic (exact) mass is 753 g/mol. The summed E-state index contributed by atoms with van der Waals surface area (Å²) < 4.78 is 6.03. The summed E-state index contributed by atoms with van der Waals surface area (Å²) in [6.45, 7) is 9.09. The number of likely N-dealkylation sites (N-methyl/N-ethyl adjacent to an activating group) is 1. The van der Waals surface area contributed by atoms with Gasteiger partial charge in [-0.15, -0.1) is 0 Å². The van der Waals surface area contributed by atoms with E-state index < -0.39 is 77.9 Å². The first-order chi connectivity index (χ1) is 25.5. The number of phenolic OH excluding ortho intramolecular Hbond substituents is 1. The minimum absolute atomic E-state index is 0.0128. The lowest BCUT2D eigenvalue weighted by Gasteiger charge is -2.36. The van der Waals surface area contributed by atoms with Crippen LogP contribution in [-0.2, 0) is 28.7 Å². The highest BCUT2D eigenvalue weighted by Crippen LogP contribution is 2.26. The number of amides is 3. The van der Waals surface area contributed by atoms with Crippen molar-refractivity contribution in [2.24, 2.45) is 17.8 Å². The van der Waals surface area contributed by atoms with Crippen LogP contribution in [0.5, 0.6) is 5.75 Å². The average Bonchev–Trinajstić information content (AvgIpc) is 3.12. The highest BCUT2D eigenvalue weighted by molar-refractivity contribution is 5.93. The molecule has 0 aromatic heterocycles. The Morgan fingerprint density at radius 2 is 1.80 bits per heavy atom. The number of Topliss-reactive ketones (excluding diaryl/α,β-unsaturated/α-hetero) is 1. The van der Waals surface area contributed by atoms with Crippen LogP contribution in [0.15, 0.2) is 60.2 Å². The molecule has 0 saturated carbocycles. The highest BCUT2D eigenvalue weighted by atomic mass is 16.5. The molecule has 14 heteroatoms. The second-order valence-electron chi connectivity index (χ2n) is 15.0. The van der Waals surface area contributed by atoms with Crippen LogP contribution in [0.4, 0.5) is 0 Å². The Bertz CT molecular complexity index is 1560. The summed E-state index contributed by atoms with van der Waals surface area (Å²) in [5.41, 5.74) is 4.09. The zero-order valence-corrected chi connectivity index (χ0v) is 32.5. The number of phenols is 1. The molecule has 2 aliphatic heterocycles. The summed E-state index contributed by atoms with van der Waals surface area (Å²) in [4.78, 5) is 69.7. The summed E-state index contributed by atoms with van der Waals surface area (Å²) in [6, 6.07) is 2.49. The minimum atomic E-state index is -1.39. The number of allylic oxidation sites excluding steroid dienone is 2. The number of hydrogen-bond donors (Lipinski definition) is 6. The standard InChI is InChI=1S/C40H59N5O9/c1-24(2)34-38(51)42-35(28-13-11-14-29(47)23-28)39(52)45-21-12-15-31(43-45)40(53)54-33(25(3)20-22-44(6)7)17-10-8-9-16-32(48)27(5)36(49)30(37(50)41-34)19-18-26(4)46/h8-11,13-14,16,20,23-24,27,30-36,43,47-49H,12,15,17-19,21-22H2,1-7H3,(H,41,50)(H,42,51)/b10-8+,16-9+,25-20+/t27-,30+,31?,32-,33-,34-,35?,36+/m0/s1. The van der Waals surface area contributed by atoms with Crippen LogP contribution in [0.3, 0.4) is 0 Å². The Morgan fingerprint density at radius 1 is 1.07 bits per heavy atom. The van der Waals surface area contributed by atoms with Gasteiger partial charge in [0.1, 0.15) is 35.8 Å². The zero-order valence-electron chi connectivity index (χ0n) is 32.5. The SMILES string of the molecule is CC(=O)CC[C@H]1C(=O)N[C@@H](C(C)C)C(=O)NC(c2cccc(O)c2)C(=O)N2CCCC(N2)C(=O)O[C@H](/C(C)=C/CN(C)C)C/C=C/C=C/[C@H](O)[C@H](C)[C@H]1O. The molecule has 2 heterocycles. The molecule has 1 saturated heterocycles. The first kappa shape index (κ1) is 44.0. The number of rotatable bonds is 8. The number of aliphatic hydroxyl groups excluding tert-OH is 2. The summed E-state index contributed by atoms with van der Waals surface area (Å²) in [5, 5.41) is 39.5. The molecule has 14 nitrogen and oxygen atoms in total. The van der Waals surface area contributed by atoms with Crippen molar-refractivity contribution in [1.82, 2.24) is 26.0 Å². The van der Waals surface area contributed by atoms with Crippen molar-refractivity contribution >= 4 is 29.5 Å². The van der Waals surface area contributed by atoms with E-state index in [0.717, 1.165) is 5.57 Å². The van der Waals surface area contributed by atoms with Crippen LogP contribution in [0.2, 0.25) is 0 Å². The van der Waals surface area contributed by atoms with Crippen molar-refractivity contribution in [2.45, 2.75) is 103 Å². The topological polar surface area (TPSA) is 198 Å². The van der Waals surface area contributed by atoms with Crippen LogP contribution >= 0.6 is 0 Å². The fourth-order valence-corrected chi connectivity index (χ4v) is 6.32. The first-order valence-corrected chi connectivity index (χ1v) is 18.7. The number of benzene rings is 1. The molecule has 1 aromatic carbocycles. The fraction of sp³-hybridized carbons (Fsp3) is 0.575. The van der Waals surface area contributed by atoms with Gasteiger partial charge < -0.3 is 40.4 Å². The van der Waals surface area contributed by atoms with Crippen molar-refractivity contribution < 1.29 is 44.0 Å². The molecule has 0 spiro atoms. The van der Waals surface area contributed by atoms with E-state index in [2.05, 4.69) is 16.1 Å². The molecule has 2 aliphatic rings. The van der Waals surface area contributed by atoms with Gasteiger partial charge in [-0.05, 0) is 76.4 Å². The number of ether oxygens (including phenoxy) is 1. The van der Waals surface area contributed by atoms with Crippen LogP contribution in [0, 0.1) is 17.8 Å². The number of nitrogens with one attached hydrogen (secondary N) is 3. The molecule has 2 bridgehead atoms. The number of hydrogen-bond acceptors (Lipinski definition) is 11. The molecule has 3 amide bonds. The van der Waals surface area contributed by atoms with Crippen LogP contribution < -0.4 is 16.1 Å². The van der Waals surface area contributed by atoms with E-state index >= 15 is 0 Å². The molecule has 1 fully saturated rings. The molecule has 54 heavy (non-hydrogen) atoms. The highest BCUT2D eigenvalue weighted by Gasteiger charge is 2.39. The van der Waals surface area contributed by atoms with E-state index in [4.69, 9.17) is 4.74 Å². The second kappa shape index (κ2) is 20.9. The van der Waals surface area contributed by atoms with Gasteiger partial charge in [0, 0.05) is 31.8 Å². The van der Waals surface area contributed by atoms with E-state index in [0.29, 0.717) is 25.8 Å². The van der Waals surface area contributed by atoms with E-state index in [1.807, 2.05) is 32.0 Å². The average molecular weight is 754 g/mol. The number of fused-ring (bicyclic) bond motifs is 2. The molecule has 6 N–H and O–H groups in total. The second-order valence-corrected chi connectivity index (χ2v) is 15.0. The van der Waals surface area contributed by atoms with Gasteiger partial charge in [-0.3, -0.25) is 24.2 Å². The zero-order chi connectivity index (χ0) is 40.1. The number of aliphatic hydroxyl groups is 2. The lowest BCUT2D eigenvalue weighted by molar-refractivity contribution is -0.156. The van der Waals surface area contributed by atoms with Crippen molar-refractivity contribution in [3.63, 3.8) is 0 Å². The van der Waals surface area contributed by atoms with E-state index in [-0.39, 0.29) is 36.5 Å². The van der Waals surface area contributed by atoms with Gasteiger partial charge in [-0.1, -0.05) is 63.3 Å². The van der Waals surface area contributed by atoms with E-state index in [1.165, 1.54) is 36.2 Å². The van der Waals surface area contributed by atoms with Crippen molar-refractivity contribution in [3.05, 3.63) is 65.8 Å². The molecule has 1 aromatic rings. The molecule has 8 atom stereocenters. The van der Waals surface area contributed by atoms with Crippen LogP contribution in [0.1, 0.15) is 78.3 Å². The number of cyclic esters (lactones) is 1. The van der Waals surface area contributed by atoms with Gasteiger partial charge in [-0.25, -0.2) is 5.43 Å². The Labute approximate surface area is 318 Å². The molecule has 298 valence electrons. The van der Waals surface area contributed by atoms with Gasteiger partial charge in [-0.2, -0.15) is 0 Å². The fourth-order valence-electron chi connectivity index (χ4n) is 6.32. The van der Waals surface area contributed by atoms with E-state index in [9.17, 15) is 39.3 Å². The van der Waals surface area contributed by atoms with Gasteiger partial charge >= 0.3 is 5.97 Å². The molecule has 3 rings (SSSR count). The summed E-state index contributed by atoms with van der Waals surface area (Å²) >= 11 is 0. The number of ketones is 1. The smallest absolute Gasteiger partial charge is 0.325 e. The van der Waals surface area contributed by atoms with Crippen LogP contribution in [-0.4, -0.2) is 112 Å². The van der Waals surface area contributed by atoms with Crippen molar-refractivity contribution in [1.29, 1.82) is 0 Å². The third-order valence-corrected chi connectivity index (χ3v) is 9.80. The van der Waals surface area contributed by atoms with Crippen molar-refractivity contribution in [2.75, 3.05) is 27.2 Å². The maximum absolute atomic E-state index is 14.3. The first-order valence-electron chi connectivity index (χ1n) is 18.7. The summed E-state index contributed by atoms with van der Waals surface area (Å²) in [7, 11) is 3.85. The van der Waals surface area contributed by atoms with Gasteiger partial charge in [0.15, 0.2) is 0 Å². The molecular weight excluding hydrogens is 694 g/mol. The van der Waals surface area contributed by atoms with Gasteiger partial charge in [0.05, 0.1) is 18.1 Å². The van der Waals surface area contributed by atoms with Gasteiger partial charge in [0.25, 0.3) is 5.91 Å². The largest absolute Gasteiger partial charge is 0.508 e. The molecule has 0 radical (unpaired) electrons. The third kappa shape index (κ3) is 12.9. The Kier molecular flexibility index (Phi) is 17.1. The summed E-state index contributed by atoms with van der Waals surface area (Å²) in [5.74, 6) is -5.38. The quantitative estimate of drug-likeness (QED) is 0.169. The van der Waals surface area contributed by atoms with Crippen LogP contribution in [0.25, 0.3) is 0 Å². The Morgan fingerprint density at radius 3 is 2.44 bits per heavy atom. The number of hydrazine groups is 1. The Hall–Kier alpha value is -4.37. The van der Waals surface area contributed by atoms with Gasteiger partial charge in [0.2, 0.25) is 11.8 Å². The summed E-state index contributed by atoms with van der Waals surface area (Å²) in [6.07, 6.45) is 6.47. The number of carbonyl (C=O) groups is 5. The van der Waals surface area contributed by atoms with Crippen molar-refractivity contribution in [3.8, 4) is 5.75 Å². The maximum atomic E-state index is 14.3. The minimum Gasteiger partial charge on any atom is -0.508 e. The lowest BCUT2D eigenvalue weighted by Crippen LogP contribution is -2.59. The Balaban J connectivity index is 2.09. The predicted molar refractivity (Wildman–Crippen MR) is 203 cm³/mol. The number of aromatic hydroxyl groups is 1. The lowest BCUT2D eigenvalue weighted by atomic mass is 9.84. The number of carbonyl (C=O) groups excluding carboxylic acids is 5.